The van der Waals surface area contributed by atoms with E-state index in [4.69, 9.17) is 4.74 Å². The number of nitrogens with one attached hydrogen (secondary N) is 2. The fourth-order valence-corrected chi connectivity index (χ4v) is 3.84. The maximum Gasteiger partial charge on any atom is 0.251 e. The minimum absolute atomic E-state index is 0.112. The molecule has 1 aromatic rings. The molecule has 2 aliphatic rings. The van der Waals surface area contributed by atoms with Gasteiger partial charge in [-0.05, 0) is 43.9 Å². The first kappa shape index (κ1) is 15.5. The van der Waals surface area contributed by atoms with Gasteiger partial charge in [0.15, 0.2) is 0 Å². The first-order valence-electron chi connectivity index (χ1n) is 7.55. The maximum atomic E-state index is 12.4. The topological polar surface area (TPSA) is 84.5 Å². The SMILES string of the molecule is O=C(NC1CCC1)c1cccc(S(=O)(=O)NC2CCOC2)c1. The first-order valence-corrected chi connectivity index (χ1v) is 9.04. The van der Waals surface area contributed by atoms with Crippen molar-refractivity contribution in [1.29, 1.82) is 0 Å². The minimum atomic E-state index is -3.63. The molecule has 120 valence electrons. The predicted octanol–water partition coefficient (Wildman–Crippen LogP) is 1.04. The van der Waals surface area contributed by atoms with Crippen LogP contribution in [-0.4, -0.2) is 39.6 Å². The van der Waals surface area contributed by atoms with Gasteiger partial charge in [0.1, 0.15) is 0 Å². The molecule has 1 amide bonds. The maximum absolute atomic E-state index is 12.4. The van der Waals surface area contributed by atoms with Gasteiger partial charge in [-0.3, -0.25) is 4.79 Å². The minimum Gasteiger partial charge on any atom is -0.380 e. The van der Waals surface area contributed by atoms with Crippen LogP contribution in [0.3, 0.4) is 0 Å². The van der Waals surface area contributed by atoms with Gasteiger partial charge in [0, 0.05) is 24.3 Å². The number of hydrogen-bond acceptors (Lipinski definition) is 4. The van der Waals surface area contributed by atoms with Gasteiger partial charge in [-0.15, -0.1) is 0 Å². The summed E-state index contributed by atoms with van der Waals surface area (Å²) in [5.41, 5.74) is 0.373. The fraction of sp³-hybridized carbons (Fsp3) is 0.533. The number of benzene rings is 1. The normalized spacial score (nSPS) is 22.3. The number of hydrogen-bond donors (Lipinski definition) is 2. The fourth-order valence-electron chi connectivity index (χ4n) is 2.54. The summed E-state index contributed by atoms with van der Waals surface area (Å²) in [4.78, 5) is 12.2. The highest BCUT2D eigenvalue weighted by molar-refractivity contribution is 7.89. The number of carbonyl (C=O) groups is 1. The molecule has 7 heteroatoms. The molecule has 1 aliphatic heterocycles. The molecule has 1 saturated carbocycles. The molecule has 0 spiro atoms. The van der Waals surface area contributed by atoms with Crippen LogP contribution in [0, 0.1) is 0 Å². The van der Waals surface area contributed by atoms with Gasteiger partial charge in [-0.1, -0.05) is 6.07 Å². The van der Waals surface area contributed by atoms with Gasteiger partial charge < -0.3 is 10.1 Å². The van der Waals surface area contributed by atoms with Crippen molar-refractivity contribution in [2.45, 2.75) is 42.7 Å². The summed E-state index contributed by atoms with van der Waals surface area (Å²) in [6.45, 7) is 0.956. The lowest BCUT2D eigenvalue weighted by Crippen LogP contribution is -2.39. The van der Waals surface area contributed by atoms with Crippen molar-refractivity contribution in [3.8, 4) is 0 Å². The molecular weight excluding hydrogens is 304 g/mol. The Kier molecular flexibility index (Phi) is 4.46. The molecule has 6 nitrogen and oxygen atoms in total. The van der Waals surface area contributed by atoms with Crippen LogP contribution >= 0.6 is 0 Å². The Hall–Kier alpha value is -1.44. The van der Waals surface area contributed by atoms with Crippen molar-refractivity contribution in [2.24, 2.45) is 0 Å². The van der Waals surface area contributed by atoms with Gasteiger partial charge in [-0.25, -0.2) is 13.1 Å². The molecule has 2 fully saturated rings. The predicted molar refractivity (Wildman–Crippen MR) is 81.1 cm³/mol. The standard InChI is InChI=1S/C15H20N2O4S/c18-15(16-12-4-2-5-12)11-3-1-6-14(9-11)22(19,20)17-13-7-8-21-10-13/h1,3,6,9,12-13,17H,2,4-5,7-8,10H2,(H,16,18). The summed E-state index contributed by atoms with van der Waals surface area (Å²) < 4.78 is 32.5. The highest BCUT2D eigenvalue weighted by Gasteiger charge is 2.25. The Morgan fingerprint density at radius 2 is 2.00 bits per heavy atom. The highest BCUT2D eigenvalue weighted by Crippen LogP contribution is 2.19. The lowest BCUT2D eigenvalue weighted by molar-refractivity contribution is 0.0916. The Labute approximate surface area is 130 Å². The third-order valence-corrected chi connectivity index (χ3v) is 5.62. The summed E-state index contributed by atoms with van der Waals surface area (Å²) >= 11 is 0. The largest absolute Gasteiger partial charge is 0.380 e. The highest BCUT2D eigenvalue weighted by atomic mass is 32.2. The molecule has 1 saturated heterocycles. The molecule has 1 aromatic carbocycles. The Morgan fingerprint density at radius 3 is 2.64 bits per heavy atom. The third-order valence-electron chi connectivity index (χ3n) is 4.10. The summed E-state index contributed by atoms with van der Waals surface area (Å²) in [6, 6.07) is 6.17. The van der Waals surface area contributed by atoms with Crippen molar-refractivity contribution in [2.75, 3.05) is 13.2 Å². The zero-order valence-electron chi connectivity index (χ0n) is 12.2. The van der Waals surface area contributed by atoms with Gasteiger partial charge >= 0.3 is 0 Å². The molecule has 0 aromatic heterocycles. The van der Waals surface area contributed by atoms with Gasteiger partial charge in [0.05, 0.1) is 11.5 Å². The Bertz CT molecular complexity index is 649. The quantitative estimate of drug-likeness (QED) is 0.847. The van der Waals surface area contributed by atoms with Crippen molar-refractivity contribution >= 4 is 15.9 Å². The molecule has 1 heterocycles. The van der Waals surface area contributed by atoms with E-state index in [0.717, 1.165) is 19.3 Å². The molecule has 0 radical (unpaired) electrons. The van der Waals surface area contributed by atoms with Crippen LogP contribution in [0.1, 0.15) is 36.0 Å². The van der Waals surface area contributed by atoms with Crippen LogP contribution in [-0.2, 0) is 14.8 Å². The van der Waals surface area contributed by atoms with E-state index in [0.29, 0.717) is 25.2 Å². The van der Waals surface area contributed by atoms with Crippen LogP contribution < -0.4 is 10.0 Å². The second kappa shape index (κ2) is 6.36. The summed E-state index contributed by atoms with van der Waals surface area (Å²) in [7, 11) is -3.63. The molecule has 1 aliphatic carbocycles. The van der Waals surface area contributed by atoms with Crippen molar-refractivity contribution < 1.29 is 17.9 Å². The van der Waals surface area contributed by atoms with E-state index >= 15 is 0 Å². The number of sulfonamides is 1. The van der Waals surface area contributed by atoms with Crippen LogP contribution in [0.25, 0.3) is 0 Å². The van der Waals surface area contributed by atoms with Crippen LogP contribution in [0.4, 0.5) is 0 Å². The first-order chi connectivity index (χ1) is 10.5. The van der Waals surface area contributed by atoms with Crippen LogP contribution in [0.2, 0.25) is 0 Å². The average molecular weight is 324 g/mol. The summed E-state index contributed by atoms with van der Waals surface area (Å²) in [6.07, 6.45) is 3.79. The van der Waals surface area contributed by atoms with Gasteiger partial charge in [0.25, 0.3) is 5.91 Å². The number of amides is 1. The van der Waals surface area contributed by atoms with E-state index in [-0.39, 0.29) is 22.9 Å². The molecule has 1 unspecified atom stereocenters. The monoisotopic (exact) mass is 324 g/mol. The molecule has 0 bridgehead atoms. The van der Waals surface area contributed by atoms with Gasteiger partial charge in [0.2, 0.25) is 10.0 Å². The number of ether oxygens (including phenoxy) is 1. The van der Waals surface area contributed by atoms with Crippen molar-refractivity contribution in [1.82, 2.24) is 10.0 Å². The average Bonchev–Trinajstić information content (AvgIpc) is 2.95. The molecule has 2 N–H and O–H groups in total. The zero-order chi connectivity index (χ0) is 15.6. The van der Waals surface area contributed by atoms with Crippen molar-refractivity contribution in [3.05, 3.63) is 29.8 Å². The Morgan fingerprint density at radius 1 is 1.18 bits per heavy atom. The third kappa shape index (κ3) is 3.48. The smallest absolute Gasteiger partial charge is 0.251 e. The van der Waals surface area contributed by atoms with E-state index in [1.54, 1.807) is 12.1 Å². The van der Waals surface area contributed by atoms with E-state index < -0.39 is 10.0 Å². The molecule has 1 atom stereocenters. The van der Waals surface area contributed by atoms with Crippen LogP contribution in [0.5, 0.6) is 0 Å². The Balaban J connectivity index is 1.72. The second-order valence-corrected chi connectivity index (χ2v) is 7.52. The lowest BCUT2D eigenvalue weighted by Gasteiger charge is -2.26. The molecular formula is C15H20N2O4S. The van der Waals surface area contributed by atoms with Crippen LogP contribution in [0.15, 0.2) is 29.2 Å². The molecule has 22 heavy (non-hydrogen) atoms. The van der Waals surface area contributed by atoms with Crippen molar-refractivity contribution in [3.63, 3.8) is 0 Å². The zero-order valence-corrected chi connectivity index (χ0v) is 13.1. The second-order valence-electron chi connectivity index (χ2n) is 5.81. The number of carbonyl (C=O) groups excluding carboxylic acids is 1. The van der Waals surface area contributed by atoms with E-state index in [1.807, 2.05) is 0 Å². The molecule has 3 rings (SSSR count). The van der Waals surface area contributed by atoms with E-state index in [9.17, 15) is 13.2 Å². The summed E-state index contributed by atoms with van der Waals surface area (Å²) in [5.74, 6) is -0.217. The van der Waals surface area contributed by atoms with E-state index in [1.165, 1.54) is 12.1 Å². The number of rotatable bonds is 5. The summed E-state index contributed by atoms with van der Waals surface area (Å²) in [5, 5.41) is 2.91. The lowest BCUT2D eigenvalue weighted by atomic mass is 9.93. The van der Waals surface area contributed by atoms with E-state index in [2.05, 4.69) is 10.0 Å². The van der Waals surface area contributed by atoms with Gasteiger partial charge in [-0.2, -0.15) is 0 Å².